The van der Waals surface area contributed by atoms with E-state index in [4.69, 9.17) is 4.74 Å². The molecule has 3 heteroatoms. The summed E-state index contributed by atoms with van der Waals surface area (Å²) >= 11 is 0. The van der Waals surface area contributed by atoms with Gasteiger partial charge in [-0.05, 0) is 61.4 Å². The quantitative estimate of drug-likeness (QED) is 0.766. The molecule has 0 bridgehead atoms. The van der Waals surface area contributed by atoms with Crippen LogP contribution in [0.1, 0.15) is 12.5 Å². The van der Waals surface area contributed by atoms with E-state index in [0.29, 0.717) is 6.61 Å². The van der Waals surface area contributed by atoms with Gasteiger partial charge in [0.2, 0.25) is 0 Å². The summed E-state index contributed by atoms with van der Waals surface area (Å²) in [6.45, 7) is 4.79. The summed E-state index contributed by atoms with van der Waals surface area (Å²) in [5.74, 6) is 0.901. The molecule has 0 aliphatic rings. The normalized spacial score (nSPS) is 10.8. The fraction of sp³-hybridized carbons (Fsp3) is 0.188. The molecule has 1 aromatic carbocycles. The Labute approximate surface area is 112 Å². The molecule has 3 rings (SSSR count). The Morgan fingerprint density at radius 2 is 1.95 bits per heavy atom. The highest BCUT2D eigenvalue weighted by Crippen LogP contribution is 2.29. The number of aryl methyl sites for hydroxylation is 1. The van der Waals surface area contributed by atoms with Crippen LogP contribution in [0, 0.1) is 6.92 Å². The summed E-state index contributed by atoms with van der Waals surface area (Å²) in [6.07, 6.45) is 1.81. The number of pyridine rings is 1. The summed E-state index contributed by atoms with van der Waals surface area (Å²) in [6, 6.07) is 12.2. The molecule has 0 amide bonds. The Kier molecular flexibility index (Phi) is 2.95. The molecule has 2 heterocycles. The van der Waals surface area contributed by atoms with Gasteiger partial charge in [0.1, 0.15) is 11.4 Å². The standard InChI is InChI=1S/C16H16N2O/c1-3-19-13-8-6-12(7-9-13)15-11(2)14-5-4-10-17-16(14)18-15/h4-10H,3H2,1-2H3,(H,17,18). The Morgan fingerprint density at radius 3 is 2.63 bits per heavy atom. The minimum Gasteiger partial charge on any atom is -0.494 e. The molecule has 0 atom stereocenters. The van der Waals surface area contributed by atoms with Crippen molar-refractivity contribution >= 4 is 11.0 Å². The first-order chi connectivity index (χ1) is 9.29. The number of aromatic amines is 1. The summed E-state index contributed by atoms with van der Waals surface area (Å²) in [7, 11) is 0. The highest BCUT2D eigenvalue weighted by molar-refractivity contribution is 5.87. The van der Waals surface area contributed by atoms with Crippen molar-refractivity contribution in [2.24, 2.45) is 0 Å². The number of hydrogen-bond acceptors (Lipinski definition) is 2. The molecule has 3 nitrogen and oxygen atoms in total. The van der Waals surface area contributed by atoms with Gasteiger partial charge in [-0.25, -0.2) is 4.98 Å². The minimum atomic E-state index is 0.689. The van der Waals surface area contributed by atoms with E-state index in [0.717, 1.165) is 22.7 Å². The van der Waals surface area contributed by atoms with Gasteiger partial charge in [-0.3, -0.25) is 0 Å². The highest BCUT2D eigenvalue weighted by atomic mass is 16.5. The predicted octanol–water partition coefficient (Wildman–Crippen LogP) is 3.94. The van der Waals surface area contributed by atoms with Gasteiger partial charge >= 0.3 is 0 Å². The van der Waals surface area contributed by atoms with Crippen LogP contribution in [0.25, 0.3) is 22.3 Å². The van der Waals surface area contributed by atoms with Gasteiger partial charge in [-0.15, -0.1) is 0 Å². The average Bonchev–Trinajstić information content (AvgIpc) is 2.78. The second kappa shape index (κ2) is 4.76. The lowest BCUT2D eigenvalue weighted by molar-refractivity contribution is 0.340. The van der Waals surface area contributed by atoms with Crippen LogP contribution in [-0.4, -0.2) is 16.6 Å². The van der Waals surface area contributed by atoms with Crippen molar-refractivity contribution < 1.29 is 4.74 Å². The molecule has 0 radical (unpaired) electrons. The molecule has 0 unspecified atom stereocenters. The zero-order valence-electron chi connectivity index (χ0n) is 11.1. The molecular weight excluding hydrogens is 236 g/mol. The molecule has 19 heavy (non-hydrogen) atoms. The van der Waals surface area contributed by atoms with Crippen LogP contribution in [0.2, 0.25) is 0 Å². The second-order valence-corrected chi connectivity index (χ2v) is 4.48. The molecular formula is C16H16N2O. The molecule has 96 valence electrons. The SMILES string of the molecule is CCOc1ccc(-c2[nH]c3ncccc3c2C)cc1. The molecule has 0 aliphatic heterocycles. The van der Waals surface area contributed by atoms with Gasteiger partial charge in [0.05, 0.1) is 12.3 Å². The van der Waals surface area contributed by atoms with Crippen molar-refractivity contribution in [3.05, 3.63) is 48.2 Å². The summed E-state index contributed by atoms with van der Waals surface area (Å²) in [5.41, 5.74) is 4.44. The first kappa shape index (κ1) is 11.8. The van der Waals surface area contributed by atoms with E-state index in [2.05, 4.69) is 35.1 Å². The van der Waals surface area contributed by atoms with E-state index in [1.54, 1.807) is 6.20 Å². The Hall–Kier alpha value is -2.29. The monoisotopic (exact) mass is 252 g/mol. The van der Waals surface area contributed by atoms with Crippen molar-refractivity contribution in [3.8, 4) is 17.0 Å². The summed E-state index contributed by atoms with van der Waals surface area (Å²) < 4.78 is 5.46. The van der Waals surface area contributed by atoms with Crippen molar-refractivity contribution in [2.45, 2.75) is 13.8 Å². The van der Waals surface area contributed by atoms with Gasteiger partial charge in [-0.2, -0.15) is 0 Å². The molecule has 1 N–H and O–H groups in total. The van der Waals surface area contributed by atoms with E-state index in [1.807, 2.05) is 25.1 Å². The second-order valence-electron chi connectivity index (χ2n) is 4.48. The zero-order chi connectivity index (χ0) is 13.2. The maximum absolute atomic E-state index is 5.46. The van der Waals surface area contributed by atoms with Gasteiger partial charge in [-0.1, -0.05) is 0 Å². The third kappa shape index (κ3) is 2.08. The molecule has 3 aromatic rings. The van der Waals surface area contributed by atoms with Crippen LogP contribution in [-0.2, 0) is 0 Å². The van der Waals surface area contributed by atoms with Gasteiger partial charge < -0.3 is 9.72 Å². The van der Waals surface area contributed by atoms with Crippen LogP contribution < -0.4 is 4.74 Å². The van der Waals surface area contributed by atoms with Gasteiger partial charge in [0.15, 0.2) is 0 Å². The smallest absolute Gasteiger partial charge is 0.137 e. The molecule has 0 saturated carbocycles. The van der Waals surface area contributed by atoms with Crippen LogP contribution in [0.15, 0.2) is 42.6 Å². The van der Waals surface area contributed by atoms with Crippen molar-refractivity contribution in [1.82, 2.24) is 9.97 Å². The fourth-order valence-electron chi connectivity index (χ4n) is 2.33. The maximum atomic E-state index is 5.46. The number of hydrogen-bond donors (Lipinski definition) is 1. The van der Waals surface area contributed by atoms with E-state index < -0.39 is 0 Å². The Morgan fingerprint density at radius 1 is 1.16 bits per heavy atom. The number of benzene rings is 1. The topological polar surface area (TPSA) is 37.9 Å². The average molecular weight is 252 g/mol. The van der Waals surface area contributed by atoms with Crippen molar-refractivity contribution in [1.29, 1.82) is 0 Å². The first-order valence-electron chi connectivity index (χ1n) is 6.46. The molecule has 0 saturated heterocycles. The lowest BCUT2D eigenvalue weighted by Crippen LogP contribution is -1.90. The molecule has 2 aromatic heterocycles. The van der Waals surface area contributed by atoms with Crippen LogP contribution >= 0.6 is 0 Å². The number of ether oxygens (including phenoxy) is 1. The lowest BCUT2D eigenvalue weighted by atomic mass is 10.1. The van der Waals surface area contributed by atoms with E-state index >= 15 is 0 Å². The number of fused-ring (bicyclic) bond motifs is 1. The summed E-state index contributed by atoms with van der Waals surface area (Å²) in [4.78, 5) is 7.73. The number of nitrogens with zero attached hydrogens (tertiary/aromatic N) is 1. The third-order valence-electron chi connectivity index (χ3n) is 3.28. The number of H-pyrrole nitrogens is 1. The van der Waals surface area contributed by atoms with Crippen molar-refractivity contribution in [2.75, 3.05) is 6.61 Å². The predicted molar refractivity (Wildman–Crippen MR) is 77.4 cm³/mol. The number of aromatic nitrogens is 2. The maximum Gasteiger partial charge on any atom is 0.137 e. The van der Waals surface area contributed by atoms with Crippen molar-refractivity contribution in [3.63, 3.8) is 0 Å². The molecule has 0 spiro atoms. The Bertz CT molecular complexity index is 698. The lowest BCUT2D eigenvalue weighted by Gasteiger charge is -2.04. The first-order valence-corrected chi connectivity index (χ1v) is 6.46. The molecule has 0 fully saturated rings. The van der Waals surface area contributed by atoms with Gasteiger partial charge in [0, 0.05) is 11.6 Å². The third-order valence-corrected chi connectivity index (χ3v) is 3.28. The van der Waals surface area contributed by atoms with Crippen LogP contribution in [0.5, 0.6) is 5.75 Å². The van der Waals surface area contributed by atoms with E-state index in [9.17, 15) is 0 Å². The zero-order valence-corrected chi connectivity index (χ0v) is 11.1. The fourth-order valence-corrected chi connectivity index (χ4v) is 2.33. The van der Waals surface area contributed by atoms with E-state index in [-0.39, 0.29) is 0 Å². The van der Waals surface area contributed by atoms with Crippen LogP contribution in [0.3, 0.4) is 0 Å². The number of rotatable bonds is 3. The minimum absolute atomic E-state index is 0.689. The highest BCUT2D eigenvalue weighted by Gasteiger charge is 2.09. The largest absolute Gasteiger partial charge is 0.494 e. The van der Waals surface area contributed by atoms with Crippen LogP contribution in [0.4, 0.5) is 0 Å². The van der Waals surface area contributed by atoms with E-state index in [1.165, 1.54) is 10.9 Å². The molecule has 0 aliphatic carbocycles. The Balaban J connectivity index is 2.06. The van der Waals surface area contributed by atoms with Gasteiger partial charge in [0.25, 0.3) is 0 Å². The number of nitrogens with one attached hydrogen (secondary N) is 1. The summed E-state index contributed by atoms with van der Waals surface area (Å²) in [5, 5.41) is 1.17.